The van der Waals surface area contributed by atoms with Gasteiger partial charge < -0.3 is 10.1 Å². The molecule has 1 heterocycles. The zero-order valence-corrected chi connectivity index (χ0v) is 13.6. The molecule has 2 aromatic carbocycles. The van der Waals surface area contributed by atoms with Crippen LogP contribution >= 0.6 is 0 Å². The maximum absolute atomic E-state index is 12.3. The van der Waals surface area contributed by atoms with Crippen LogP contribution in [0.4, 0.5) is 5.69 Å². The number of benzene rings is 2. The van der Waals surface area contributed by atoms with Crippen LogP contribution in [0.1, 0.15) is 17.5 Å². The first-order chi connectivity index (χ1) is 12.2. The maximum Gasteiger partial charge on any atom is 0.240 e. The summed E-state index contributed by atoms with van der Waals surface area (Å²) in [7, 11) is 0. The second-order valence-electron chi connectivity index (χ2n) is 5.63. The van der Waals surface area contributed by atoms with Gasteiger partial charge in [-0.05, 0) is 29.8 Å². The molecule has 1 aliphatic heterocycles. The third-order valence-electron chi connectivity index (χ3n) is 3.91. The molecular formula is C19H17N3O3. The predicted molar refractivity (Wildman–Crippen MR) is 91.9 cm³/mol. The number of amides is 2. The first-order valence-corrected chi connectivity index (χ1v) is 7.95. The Hall–Kier alpha value is -3.33. The van der Waals surface area contributed by atoms with E-state index in [4.69, 9.17) is 10.00 Å². The monoisotopic (exact) mass is 335 g/mol. The average molecular weight is 335 g/mol. The van der Waals surface area contributed by atoms with Crippen molar-refractivity contribution >= 4 is 17.5 Å². The third kappa shape index (κ3) is 3.96. The molecule has 2 aromatic rings. The molecule has 126 valence electrons. The Balaban J connectivity index is 1.65. The summed E-state index contributed by atoms with van der Waals surface area (Å²) >= 11 is 0. The van der Waals surface area contributed by atoms with Crippen molar-refractivity contribution in [2.24, 2.45) is 0 Å². The van der Waals surface area contributed by atoms with Gasteiger partial charge in [-0.1, -0.05) is 24.3 Å². The standard InChI is InChI=1S/C19H17N3O3/c20-11-14-5-7-15(8-6-14)12-21-18(23)13-22-16-3-1-2-4-17(16)25-10-9-19(22)24/h1-8H,9-10,12-13H2,(H,21,23). The maximum atomic E-state index is 12.3. The van der Waals surface area contributed by atoms with Crippen LogP contribution in [0.2, 0.25) is 0 Å². The number of nitriles is 1. The van der Waals surface area contributed by atoms with E-state index in [-0.39, 0.29) is 24.8 Å². The summed E-state index contributed by atoms with van der Waals surface area (Å²) in [5.41, 5.74) is 2.07. The smallest absolute Gasteiger partial charge is 0.240 e. The Morgan fingerprint density at radius 2 is 1.96 bits per heavy atom. The molecule has 25 heavy (non-hydrogen) atoms. The fraction of sp³-hybridized carbons (Fsp3) is 0.211. The lowest BCUT2D eigenvalue weighted by atomic mass is 10.1. The highest BCUT2D eigenvalue weighted by molar-refractivity contribution is 6.00. The van der Waals surface area contributed by atoms with Crippen LogP contribution in [0.25, 0.3) is 0 Å². The van der Waals surface area contributed by atoms with Gasteiger partial charge in [0.05, 0.1) is 30.3 Å². The van der Waals surface area contributed by atoms with Gasteiger partial charge in [0.1, 0.15) is 12.3 Å². The van der Waals surface area contributed by atoms with E-state index in [1.807, 2.05) is 12.1 Å². The van der Waals surface area contributed by atoms with Crippen LogP contribution in [0, 0.1) is 11.3 Å². The molecule has 0 bridgehead atoms. The number of anilines is 1. The Morgan fingerprint density at radius 1 is 1.20 bits per heavy atom. The molecule has 3 rings (SSSR count). The first kappa shape index (κ1) is 16.5. The number of rotatable bonds is 4. The molecule has 0 aliphatic carbocycles. The van der Waals surface area contributed by atoms with Gasteiger partial charge in [-0.3, -0.25) is 14.5 Å². The summed E-state index contributed by atoms with van der Waals surface area (Å²) in [4.78, 5) is 26.0. The number of para-hydroxylation sites is 2. The zero-order valence-electron chi connectivity index (χ0n) is 13.6. The van der Waals surface area contributed by atoms with Crippen LogP contribution in [0.5, 0.6) is 5.75 Å². The van der Waals surface area contributed by atoms with Gasteiger partial charge in [-0.2, -0.15) is 5.26 Å². The van der Waals surface area contributed by atoms with E-state index >= 15 is 0 Å². The lowest BCUT2D eigenvalue weighted by molar-refractivity contribution is -0.124. The molecule has 2 amide bonds. The van der Waals surface area contributed by atoms with Crippen molar-refractivity contribution in [2.75, 3.05) is 18.1 Å². The molecular weight excluding hydrogens is 318 g/mol. The lowest BCUT2D eigenvalue weighted by Crippen LogP contribution is -2.40. The van der Waals surface area contributed by atoms with Crippen molar-refractivity contribution in [3.8, 4) is 11.8 Å². The minimum atomic E-state index is -0.255. The number of nitrogens with one attached hydrogen (secondary N) is 1. The van der Waals surface area contributed by atoms with Crippen LogP contribution in [0.15, 0.2) is 48.5 Å². The van der Waals surface area contributed by atoms with Crippen molar-refractivity contribution < 1.29 is 14.3 Å². The van der Waals surface area contributed by atoms with Crippen LogP contribution < -0.4 is 15.0 Å². The summed E-state index contributed by atoms with van der Waals surface area (Å²) in [6.07, 6.45) is 0.234. The second kappa shape index (κ2) is 7.49. The quantitative estimate of drug-likeness (QED) is 0.926. The van der Waals surface area contributed by atoms with Crippen molar-refractivity contribution in [3.63, 3.8) is 0 Å². The minimum Gasteiger partial charge on any atom is -0.491 e. The fourth-order valence-corrected chi connectivity index (χ4v) is 2.59. The van der Waals surface area contributed by atoms with Gasteiger partial charge in [0.2, 0.25) is 11.8 Å². The van der Waals surface area contributed by atoms with E-state index in [9.17, 15) is 9.59 Å². The van der Waals surface area contributed by atoms with E-state index in [2.05, 4.69) is 11.4 Å². The highest BCUT2D eigenvalue weighted by Crippen LogP contribution is 2.30. The number of hydrogen-bond acceptors (Lipinski definition) is 4. The molecule has 0 aromatic heterocycles. The number of fused-ring (bicyclic) bond motifs is 1. The average Bonchev–Trinajstić information content (AvgIpc) is 2.80. The van der Waals surface area contributed by atoms with Gasteiger partial charge in [0.15, 0.2) is 0 Å². The van der Waals surface area contributed by atoms with E-state index in [0.29, 0.717) is 30.2 Å². The number of carbonyl (C=O) groups excluding carboxylic acids is 2. The van der Waals surface area contributed by atoms with E-state index in [0.717, 1.165) is 5.56 Å². The fourth-order valence-electron chi connectivity index (χ4n) is 2.59. The summed E-state index contributed by atoms with van der Waals surface area (Å²) in [6.45, 7) is 0.583. The summed E-state index contributed by atoms with van der Waals surface area (Å²) in [5, 5.41) is 11.6. The second-order valence-corrected chi connectivity index (χ2v) is 5.63. The molecule has 0 fully saturated rings. The van der Waals surface area contributed by atoms with Gasteiger partial charge in [0, 0.05) is 6.54 Å². The summed E-state index contributed by atoms with van der Waals surface area (Å²) in [6, 6.07) is 16.2. The SMILES string of the molecule is N#Cc1ccc(CNC(=O)CN2C(=O)CCOc3ccccc32)cc1. The van der Waals surface area contributed by atoms with Gasteiger partial charge in [0.25, 0.3) is 0 Å². The molecule has 0 saturated heterocycles. The molecule has 6 heteroatoms. The zero-order chi connectivity index (χ0) is 17.6. The molecule has 0 saturated carbocycles. The Labute approximate surface area is 145 Å². The van der Waals surface area contributed by atoms with Crippen LogP contribution in [0.3, 0.4) is 0 Å². The van der Waals surface area contributed by atoms with Crippen molar-refractivity contribution in [2.45, 2.75) is 13.0 Å². The number of hydrogen-bond donors (Lipinski definition) is 1. The molecule has 0 atom stereocenters. The van der Waals surface area contributed by atoms with Crippen LogP contribution in [-0.4, -0.2) is 25.0 Å². The minimum absolute atomic E-state index is 0.0600. The molecule has 0 spiro atoms. The number of ether oxygens (including phenoxy) is 1. The topological polar surface area (TPSA) is 82.4 Å². The Morgan fingerprint density at radius 3 is 2.72 bits per heavy atom. The third-order valence-corrected chi connectivity index (χ3v) is 3.91. The first-order valence-electron chi connectivity index (χ1n) is 7.95. The normalized spacial score (nSPS) is 13.2. The number of nitrogens with zero attached hydrogens (tertiary/aromatic N) is 2. The lowest BCUT2D eigenvalue weighted by Gasteiger charge is -2.21. The van der Waals surface area contributed by atoms with Gasteiger partial charge in [-0.15, -0.1) is 0 Å². The summed E-state index contributed by atoms with van der Waals surface area (Å²) in [5.74, 6) is 0.209. The van der Waals surface area contributed by atoms with E-state index < -0.39 is 0 Å². The van der Waals surface area contributed by atoms with Gasteiger partial charge in [-0.25, -0.2) is 0 Å². The van der Waals surface area contributed by atoms with E-state index in [1.165, 1.54) is 4.90 Å². The Kier molecular flexibility index (Phi) is 4.95. The predicted octanol–water partition coefficient (Wildman–Crippen LogP) is 1.99. The molecule has 1 N–H and O–H groups in total. The largest absolute Gasteiger partial charge is 0.491 e. The highest BCUT2D eigenvalue weighted by Gasteiger charge is 2.24. The van der Waals surface area contributed by atoms with Crippen molar-refractivity contribution in [1.82, 2.24) is 5.32 Å². The van der Waals surface area contributed by atoms with Gasteiger partial charge >= 0.3 is 0 Å². The van der Waals surface area contributed by atoms with E-state index in [1.54, 1.807) is 36.4 Å². The Bertz CT molecular complexity index is 825. The molecule has 0 unspecified atom stereocenters. The summed E-state index contributed by atoms with van der Waals surface area (Å²) < 4.78 is 5.56. The highest BCUT2D eigenvalue weighted by atomic mass is 16.5. The van der Waals surface area contributed by atoms with Crippen molar-refractivity contribution in [1.29, 1.82) is 5.26 Å². The van der Waals surface area contributed by atoms with Crippen LogP contribution in [-0.2, 0) is 16.1 Å². The number of carbonyl (C=O) groups is 2. The molecule has 0 radical (unpaired) electrons. The molecule has 1 aliphatic rings. The molecule has 6 nitrogen and oxygen atoms in total. The van der Waals surface area contributed by atoms with Crippen molar-refractivity contribution in [3.05, 3.63) is 59.7 Å².